The van der Waals surface area contributed by atoms with Crippen LogP contribution in [0, 0.1) is 0 Å². The molecule has 0 saturated carbocycles. The molecule has 0 saturated heterocycles. The summed E-state index contributed by atoms with van der Waals surface area (Å²) in [5.41, 5.74) is 0. The number of allylic oxidation sites excluding steroid dienone is 4. The van der Waals surface area contributed by atoms with Crippen LogP contribution in [0.15, 0.2) is 24.3 Å². The van der Waals surface area contributed by atoms with E-state index in [0.717, 1.165) is 4.05 Å². The van der Waals surface area contributed by atoms with Gasteiger partial charge in [0.25, 0.3) is 0 Å². The number of hydrogen-bond donors (Lipinski definition) is 0. The molecule has 0 radical (unpaired) electrons. The molecule has 0 nitrogen and oxygen atoms in total. The van der Waals surface area contributed by atoms with E-state index in [4.69, 9.17) is 0 Å². The Hall–Kier alpha value is 0.246. The van der Waals surface area contributed by atoms with Crippen molar-refractivity contribution in [1.82, 2.24) is 0 Å². The number of rotatable bonds is 1. The molecule has 1 aliphatic carbocycles. The average Bonchev–Trinajstić information content (AvgIpc) is 2.14. The van der Waals surface area contributed by atoms with Gasteiger partial charge < -0.3 is 0 Å². The molecule has 34 valence electrons. The molecule has 7 heavy (non-hydrogen) atoms. The highest BCUT2D eigenvalue weighted by molar-refractivity contribution is 6.37. The Bertz CT molecular complexity index is 90.7. The summed E-state index contributed by atoms with van der Waals surface area (Å²) in [6.07, 6.45) is 8.85. The predicted octanol–water partition coefficient (Wildman–Crippen LogP) is 1.65. The minimum absolute atomic E-state index is 0.217. The second-order valence-electron chi connectivity index (χ2n) is 1.84. The van der Waals surface area contributed by atoms with Crippen molar-refractivity contribution in [2.45, 2.75) is 9.10 Å². The first-order valence-corrected chi connectivity index (χ1v) is 5.01. The van der Waals surface area contributed by atoms with E-state index in [9.17, 15) is 0 Å². The van der Waals surface area contributed by atoms with Gasteiger partial charge >= 0.3 is 20.4 Å². The zero-order valence-corrected chi connectivity index (χ0v) is 6.01. The molecule has 0 fully saturated rings. The largest absolute Gasteiger partial charge is 0.376 e. The quantitative estimate of drug-likeness (QED) is 0.444. The summed E-state index contributed by atoms with van der Waals surface area (Å²) in [5, 5.41) is 2.34. The van der Waals surface area contributed by atoms with E-state index in [1.807, 2.05) is 0 Å². The second kappa shape index (κ2) is 2.53. The van der Waals surface area contributed by atoms with Gasteiger partial charge in [0.15, 0.2) is 0 Å². The fourth-order valence-corrected chi connectivity index (χ4v) is 1.61. The zero-order chi connectivity index (χ0) is 5.11. The summed E-state index contributed by atoms with van der Waals surface area (Å²) < 4.78 is 0.875. The molecule has 1 aliphatic rings. The van der Waals surface area contributed by atoms with Gasteiger partial charge in [0.2, 0.25) is 0 Å². The SMILES string of the molecule is [CH3][Mg][CH]1C=CC=C1. The molecule has 0 amide bonds. The van der Waals surface area contributed by atoms with Gasteiger partial charge in [-0.2, -0.15) is 5.05 Å². The Labute approximate surface area is 54.0 Å². The number of hydrogen-bond acceptors (Lipinski definition) is 0. The first kappa shape index (κ1) is 5.38. The fraction of sp³-hybridized carbons (Fsp3) is 0.333. The fourth-order valence-electron chi connectivity index (χ4n) is 0.750. The lowest BCUT2D eigenvalue weighted by atomic mass is 10.5. The minimum atomic E-state index is 0.217. The third kappa shape index (κ3) is 1.32. The van der Waals surface area contributed by atoms with Crippen molar-refractivity contribution in [3.8, 4) is 0 Å². The van der Waals surface area contributed by atoms with Crippen LogP contribution < -0.4 is 0 Å². The van der Waals surface area contributed by atoms with Crippen molar-refractivity contribution in [3.05, 3.63) is 24.3 Å². The van der Waals surface area contributed by atoms with Crippen LogP contribution in [0.3, 0.4) is 0 Å². The summed E-state index contributed by atoms with van der Waals surface area (Å²) in [4.78, 5) is 0. The van der Waals surface area contributed by atoms with Crippen LogP contribution in [-0.2, 0) is 0 Å². The molecule has 1 heteroatoms. The summed E-state index contributed by atoms with van der Waals surface area (Å²) in [7, 11) is 0. The van der Waals surface area contributed by atoms with Crippen LogP contribution in [0.1, 0.15) is 0 Å². The van der Waals surface area contributed by atoms with Gasteiger partial charge in [-0.25, -0.2) is 0 Å². The van der Waals surface area contributed by atoms with Gasteiger partial charge in [0.05, 0.1) is 0 Å². The molecular weight excluding hydrogens is 96.4 g/mol. The minimum Gasteiger partial charge on any atom is -0.155 e. The smallest absolute Gasteiger partial charge is 0.155 e. The Kier molecular flexibility index (Phi) is 1.94. The predicted molar refractivity (Wildman–Crippen MR) is 33.6 cm³/mol. The van der Waals surface area contributed by atoms with Gasteiger partial charge in [-0.3, -0.25) is 0 Å². The van der Waals surface area contributed by atoms with Crippen LogP contribution in [0.25, 0.3) is 0 Å². The molecule has 0 unspecified atom stereocenters. The van der Waals surface area contributed by atoms with E-state index in [1.54, 1.807) is 0 Å². The van der Waals surface area contributed by atoms with E-state index in [-0.39, 0.29) is 20.4 Å². The second-order valence-corrected chi connectivity index (χ2v) is 3.60. The lowest BCUT2D eigenvalue weighted by molar-refractivity contribution is 1.39. The third-order valence-corrected chi connectivity index (χ3v) is 2.79. The molecule has 0 N–H and O–H groups in total. The Morgan fingerprint density at radius 1 is 1.29 bits per heavy atom. The standard InChI is InChI=1S/C5H5.CH3.Mg/c1-2-4-5-3-1;;/h1-5H;1H3;. The maximum atomic E-state index is 2.34. The lowest BCUT2D eigenvalue weighted by Crippen LogP contribution is -1.86. The van der Waals surface area contributed by atoms with E-state index in [0.29, 0.717) is 0 Å². The molecule has 0 atom stereocenters. The monoisotopic (exact) mass is 104 g/mol. The van der Waals surface area contributed by atoms with Gasteiger partial charge in [0.1, 0.15) is 0 Å². The summed E-state index contributed by atoms with van der Waals surface area (Å²) in [6.45, 7) is 0. The normalized spacial score (nSPS) is 17.9. The van der Waals surface area contributed by atoms with Gasteiger partial charge in [-0.15, -0.1) is 16.2 Å². The average molecular weight is 104 g/mol. The molecule has 0 spiro atoms. The summed E-state index contributed by atoms with van der Waals surface area (Å²) in [5.74, 6) is 0. The van der Waals surface area contributed by atoms with Crippen molar-refractivity contribution >= 4 is 20.4 Å². The van der Waals surface area contributed by atoms with Crippen LogP contribution >= 0.6 is 0 Å². The maximum absolute atomic E-state index is 2.34. The Balaban J connectivity index is 2.44. The van der Waals surface area contributed by atoms with E-state index >= 15 is 0 Å². The zero-order valence-electron chi connectivity index (χ0n) is 4.59. The molecule has 0 aromatic carbocycles. The van der Waals surface area contributed by atoms with Crippen molar-refractivity contribution in [3.63, 3.8) is 0 Å². The molecule has 0 aliphatic heterocycles. The van der Waals surface area contributed by atoms with Crippen molar-refractivity contribution in [1.29, 1.82) is 0 Å². The molecule has 1 rings (SSSR count). The first-order valence-electron chi connectivity index (χ1n) is 2.78. The van der Waals surface area contributed by atoms with Crippen molar-refractivity contribution in [2.75, 3.05) is 0 Å². The Morgan fingerprint density at radius 2 is 1.86 bits per heavy atom. The molecule has 0 aromatic rings. The molecule has 0 bridgehead atoms. The summed E-state index contributed by atoms with van der Waals surface area (Å²) >= 11 is 0.217. The van der Waals surface area contributed by atoms with Crippen LogP contribution in [0.2, 0.25) is 9.10 Å². The van der Waals surface area contributed by atoms with Crippen LogP contribution in [0.4, 0.5) is 0 Å². The highest BCUT2D eigenvalue weighted by Gasteiger charge is 2.00. The highest BCUT2D eigenvalue weighted by Crippen LogP contribution is 2.12. The molecule has 0 heterocycles. The van der Waals surface area contributed by atoms with Crippen molar-refractivity contribution < 1.29 is 0 Å². The van der Waals surface area contributed by atoms with Crippen molar-refractivity contribution in [2.24, 2.45) is 0 Å². The molecule has 0 aromatic heterocycles. The summed E-state index contributed by atoms with van der Waals surface area (Å²) in [6, 6.07) is 0. The highest BCUT2D eigenvalue weighted by atomic mass is 24.5. The van der Waals surface area contributed by atoms with Gasteiger partial charge in [-0.05, 0) is 0 Å². The Morgan fingerprint density at radius 3 is 2.14 bits per heavy atom. The lowest BCUT2D eigenvalue weighted by Gasteiger charge is -1.91. The maximum Gasteiger partial charge on any atom is 0.376 e. The van der Waals surface area contributed by atoms with Crippen LogP contribution in [0.5, 0.6) is 0 Å². The van der Waals surface area contributed by atoms with Crippen LogP contribution in [-0.4, -0.2) is 20.4 Å². The topological polar surface area (TPSA) is 0 Å². The van der Waals surface area contributed by atoms with Gasteiger partial charge in [-0.1, -0.05) is 12.2 Å². The van der Waals surface area contributed by atoms with E-state index in [2.05, 4.69) is 29.4 Å². The third-order valence-electron chi connectivity index (χ3n) is 1.30. The molecular formula is C6H8Mg. The van der Waals surface area contributed by atoms with Gasteiger partial charge in [0, 0.05) is 0 Å². The van der Waals surface area contributed by atoms with E-state index < -0.39 is 0 Å². The first-order chi connectivity index (χ1) is 3.43. The van der Waals surface area contributed by atoms with E-state index in [1.165, 1.54) is 0 Å².